The number of fused-ring (bicyclic) bond motifs is 1. The summed E-state index contributed by atoms with van der Waals surface area (Å²) in [7, 11) is 0. The quantitative estimate of drug-likeness (QED) is 0.764. The summed E-state index contributed by atoms with van der Waals surface area (Å²) in [4.78, 5) is 28.1. The summed E-state index contributed by atoms with van der Waals surface area (Å²) in [6.07, 6.45) is 1.87. The lowest BCUT2D eigenvalue weighted by atomic mass is 10.0. The van der Waals surface area contributed by atoms with Crippen molar-refractivity contribution < 1.29 is 9.59 Å². The first-order valence-corrected chi connectivity index (χ1v) is 9.78. The van der Waals surface area contributed by atoms with Crippen LogP contribution in [0.1, 0.15) is 57.2 Å². The largest absolute Gasteiger partial charge is 0.365 e. The van der Waals surface area contributed by atoms with Crippen LogP contribution in [0, 0.1) is 6.92 Å². The minimum Gasteiger partial charge on any atom is -0.365 e. The lowest BCUT2D eigenvalue weighted by Gasteiger charge is -2.26. The Balaban J connectivity index is 0.00000261. The molecule has 148 valence electrons. The van der Waals surface area contributed by atoms with Crippen molar-refractivity contribution in [2.24, 2.45) is 5.73 Å². The predicted octanol–water partition coefficient (Wildman–Crippen LogP) is 2.81. The van der Waals surface area contributed by atoms with E-state index in [1.165, 1.54) is 11.3 Å². The van der Waals surface area contributed by atoms with Gasteiger partial charge in [-0.3, -0.25) is 19.2 Å². The van der Waals surface area contributed by atoms with Gasteiger partial charge in [0.1, 0.15) is 5.00 Å². The molecule has 2 aromatic rings. The molecule has 9 heteroatoms. The van der Waals surface area contributed by atoms with Gasteiger partial charge in [0.15, 0.2) is 5.69 Å². The number of aromatic nitrogens is 2. The molecule has 0 fully saturated rings. The Hall–Kier alpha value is -1.90. The number of primary amides is 1. The first kappa shape index (κ1) is 21.4. The fourth-order valence-electron chi connectivity index (χ4n) is 3.42. The van der Waals surface area contributed by atoms with E-state index in [4.69, 9.17) is 5.73 Å². The van der Waals surface area contributed by atoms with Crippen LogP contribution < -0.4 is 11.1 Å². The van der Waals surface area contributed by atoms with E-state index in [1.54, 1.807) is 10.7 Å². The van der Waals surface area contributed by atoms with Crippen molar-refractivity contribution in [1.82, 2.24) is 14.7 Å². The Morgan fingerprint density at radius 1 is 1.37 bits per heavy atom. The van der Waals surface area contributed by atoms with E-state index in [0.29, 0.717) is 22.8 Å². The number of aryl methyl sites for hydroxylation is 2. The molecular weight excluding hydrogens is 386 g/mol. The van der Waals surface area contributed by atoms with E-state index >= 15 is 0 Å². The number of nitrogens with two attached hydrogens (primary N) is 1. The molecule has 0 bridgehead atoms. The Morgan fingerprint density at radius 3 is 2.70 bits per heavy atom. The summed E-state index contributed by atoms with van der Waals surface area (Å²) in [5.41, 5.74) is 8.34. The number of nitrogens with one attached hydrogen (secondary N) is 1. The molecule has 7 nitrogen and oxygen atoms in total. The first-order chi connectivity index (χ1) is 12.4. The lowest BCUT2D eigenvalue weighted by molar-refractivity contribution is 0.1000. The Kier molecular flexibility index (Phi) is 7.02. The van der Waals surface area contributed by atoms with E-state index in [0.717, 1.165) is 48.6 Å². The molecule has 1 aliphatic rings. The lowest BCUT2D eigenvalue weighted by Crippen LogP contribution is -2.31. The summed E-state index contributed by atoms with van der Waals surface area (Å²) in [6.45, 7) is 9.47. The van der Waals surface area contributed by atoms with Crippen LogP contribution in [0.15, 0.2) is 6.07 Å². The highest BCUT2D eigenvalue weighted by Crippen LogP contribution is 2.37. The highest BCUT2D eigenvalue weighted by atomic mass is 35.5. The van der Waals surface area contributed by atoms with Crippen LogP contribution in [0.25, 0.3) is 0 Å². The maximum Gasteiger partial charge on any atom is 0.276 e. The number of halogens is 1. The van der Waals surface area contributed by atoms with Crippen molar-refractivity contribution in [1.29, 1.82) is 0 Å². The van der Waals surface area contributed by atoms with E-state index in [2.05, 4.69) is 22.2 Å². The zero-order valence-corrected chi connectivity index (χ0v) is 17.5. The van der Waals surface area contributed by atoms with Crippen molar-refractivity contribution in [3.05, 3.63) is 33.5 Å². The standard InChI is InChI=1S/C18H25N5O2S.ClH/c1-4-7-22-8-6-12-14(10-22)26-18(15(12)16(19)24)20-17(25)13-9-11(3)23(5-2)21-13;/h9H,4-8,10H2,1-3H3,(H2,19,24)(H,20,25);1H. The second-order valence-electron chi connectivity index (χ2n) is 6.54. The van der Waals surface area contributed by atoms with Crippen LogP contribution in [-0.2, 0) is 19.5 Å². The molecule has 0 saturated carbocycles. The number of rotatable bonds is 6. The summed E-state index contributed by atoms with van der Waals surface area (Å²) in [6, 6.07) is 1.75. The highest BCUT2D eigenvalue weighted by molar-refractivity contribution is 7.17. The monoisotopic (exact) mass is 411 g/mol. The van der Waals surface area contributed by atoms with Gasteiger partial charge < -0.3 is 11.1 Å². The van der Waals surface area contributed by atoms with Crippen LogP contribution in [-0.4, -0.2) is 39.6 Å². The van der Waals surface area contributed by atoms with E-state index in [-0.39, 0.29) is 18.3 Å². The van der Waals surface area contributed by atoms with Crippen molar-refractivity contribution in [3.8, 4) is 0 Å². The molecule has 3 N–H and O–H groups in total. The summed E-state index contributed by atoms with van der Waals surface area (Å²) in [5, 5.41) is 7.70. The normalized spacial score (nSPS) is 13.7. The number of amides is 2. The van der Waals surface area contributed by atoms with E-state index in [9.17, 15) is 9.59 Å². The zero-order chi connectivity index (χ0) is 18.8. The third-order valence-corrected chi connectivity index (χ3v) is 5.79. The molecule has 0 unspecified atom stereocenters. The van der Waals surface area contributed by atoms with Gasteiger partial charge in [-0.2, -0.15) is 5.10 Å². The van der Waals surface area contributed by atoms with Crippen molar-refractivity contribution >= 4 is 40.6 Å². The fourth-order valence-corrected chi connectivity index (χ4v) is 4.71. The van der Waals surface area contributed by atoms with Crippen molar-refractivity contribution in [2.45, 2.75) is 46.7 Å². The second kappa shape index (κ2) is 8.86. The maximum absolute atomic E-state index is 12.6. The van der Waals surface area contributed by atoms with Gasteiger partial charge in [0.2, 0.25) is 0 Å². The van der Waals surface area contributed by atoms with Crippen LogP contribution in [0.4, 0.5) is 5.00 Å². The van der Waals surface area contributed by atoms with Gasteiger partial charge >= 0.3 is 0 Å². The summed E-state index contributed by atoms with van der Waals surface area (Å²) < 4.78 is 1.77. The number of carbonyl (C=O) groups excluding carboxylic acids is 2. The van der Waals surface area contributed by atoms with Crippen LogP contribution in [0.5, 0.6) is 0 Å². The van der Waals surface area contributed by atoms with Crippen LogP contribution in [0.3, 0.4) is 0 Å². The molecule has 0 radical (unpaired) electrons. The second-order valence-corrected chi connectivity index (χ2v) is 7.64. The number of anilines is 1. The highest BCUT2D eigenvalue weighted by Gasteiger charge is 2.28. The number of carbonyl (C=O) groups is 2. The molecule has 0 aromatic carbocycles. The Bertz CT molecular complexity index is 845. The minimum atomic E-state index is -0.489. The number of hydrogen-bond donors (Lipinski definition) is 2. The molecule has 0 spiro atoms. The van der Waals surface area contributed by atoms with Gasteiger partial charge in [0.25, 0.3) is 11.8 Å². The molecule has 0 aliphatic carbocycles. The molecule has 0 atom stereocenters. The molecule has 27 heavy (non-hydrogen) atoms. The van der Waals surface area contributed by atoms with Gasteiger partial charge in [-0.05, 0) is 44.9 Å². The maximum atomic E-state index is 12.6. The number of thiophene rings is 1. The zero-order valence-electron chi connectivity index (χ0n) is 15.9. The minimum absolute atomic E-state index is 0. The van der Waals surface area contributed by atoms with Gasteiger partial charge in [-0.1, -0.05) is 6.92 Å². The predicted molar refractivity (Wildman–Crippen MR) is 110 cm³/mol. The topological polar surface area (TPSA) is 93.2 Å². The van der Waals surface area contributed by atoms with Crippen molar-refractivity contribution in [2.75, 3.05) is 18.4 Å². The average Bonchev–Trinajstić information content (AvgIpc) is 3.14. The third kappa shape index (κ3) is 4.34. The van der Waals surface area contributed by atoms with Crippen molar-refractivity contribution in [3.63, 3.8) is 0 Å². The SMILES string of the molecule is CCCN1CCc2c(sc(NC(=O)c3cc(C)n(CC)n3)c2C(N)=O)C1.Cl. The van der Waals surface area contributed by atoms with Crippen LogP contribution >= 0.6 is 23.7 Å². The molecule has 1 aliphatic heterocycles. The summed E-state index contributed by atoms with van der Waals surface area (Å²) >= 11 is 1.45. The Morgan fingerprint density at radius 2 is 2.11 bits per heavy atom. The summed E-state index contributed by atoms with van der Waals surface area (Å²) in [5.74, 6) is -0.802. The number of hydrogen-bond acceptors (Lipinski definition) is 5. The van der Waals surface area contributed by atoms with Gasteiger partial charge in [0, 0.05) is 30.2 Å². The van der Waals surface area contributed by atoms with E-state index < -0.39 is 5.91 Å². The van der Waals surface area contributed by atoms with Crippen LogP contribution in [0.2, 0.25) is 0 Å². The van der Waals surface area contributed by atoms with Gasteiger partial charge in [0.05, 0.1) is 5.56 Å². The number of nitrogens with zero attached hydrogens (tertiary/aromatic N) is 3. The fraction of sp³-hybridized carbons (Fsp3) is 0.500. The third-order valence-electron chi connectivity index (χ3n) is 4.66. The molecule has 3 heterocycles. The molecule has 0 saturated heterocycles. The molecule has 2 amide bonds. The smallest absolute Gasteiger partial charge is 0.276 e. The Labute approximate surface area is 169 Å². The first-order valence-electron chi connectivity index (χ1n) is 8.97. The van der Waals surface area contributed by atoms with Gasteiger partial charge in [-0.15, -0.1) is 23.7 Å². The molecule has 2 aromatic heterocycles. The average molecular weight is 412 g/mol. The van der Waals surface area contributed by atoms with E-state index in [1.807, 2.05) is 13.8 Å². The molecule has 3 rings (SSSR count). The van der Waals surface area contributed by atoms with Gasteiger partial charge in [-0.25, -0.2) is 0 Å². The molecular formula is C18H26ClN5O2S.